The largest absolute Gasteiger partial charge is 0.395 e. The summed E-state index contributed by atoms with van der Waals surface area (Å²) in [5.41, 5.74) is -0.237. The first-order valence-electron chi connectivity index (χ1n) is 6.40. The molecule has 1 N–H and O–H groups in total. The number of carbonyl (C=O) groups is 1. The van der Waals surface area contributed by atoms with E-state index in [9.17, 15) is 13.6 Å². The molecule has 0 aliphatic carbocycles. The van der Waals surface area contributed by atoms with Crippen molar-refractivity contribution in [1.29, 1.82) is 0 Å². The highest BCUT2D eigenvalue weighted by atomic mass is 19.1. The number of unbranched alkanes of at least 4 members (excludes halogenated alkanes) is 1. The van der Waals surface area contributed by atoms with Crippen LogP contribution in [0.5, 0.6) is 0 Å². The summed E-state index contributed by atoms with van der Waals surface area (Å²) < 4.78 is 26.5. The standard InChI is InChI=1S/C14H19F2NO2/c1-2-3-6-17(7-8-18)10-14(19)12-9-11(15)4-5-13(12)16/h4-5,9,18H,2-3,6-8,10H2,1H3. The molecule has 0 atom stereocenters. The van der Waals surface area contributed by atoms with E-state index < -0.39 is 17.4 Å². The molecule has 0 spiro atoms. The number of rotatable bonds is 8. The van der Waals surface area contributed by atoms with Crippen LogP contribution in [-0.4, -0.2) is 42.0 Å². The van der Waals surface area contributed by atoms with E-state index in [1.165, 1.54) is 0 Å². The van der Waals surface area contributed by atoms with Crippen LogP contribution in [-0.2, 0) is 0 Å². The van der Waals surface area contributed by atoms with E-state index >= 15 is 0 Å². The zero-order valence-corrected chi connectivity index (χ0v) is 11.0. The van der Waals surface area contributed by atoms with Gasteiger partial charge in [-0.2, -0.15) is 0 Å². The molecule has 0 radical (unpaired) electrons. The lowest BCUT2D eigenvalue weighted by Crippen LogP contribution is -2.33. The lowest BCUT2D eigenvalue weighted by atomic mass is 10.1. The van der Waals surface area contributed by atoms with Crippen LogP contribution in [0.15, 0.2) is 18.2 Å². The monoisotopic (exact) mass is 271 g/mol. The van der Waals surface area contributed by atoms with Crippen LogP contribution in [0.4, 0.5) is 8.78 Å². The Morgan fingerprint density at radius 1 is 1.32 bits per heavy atom. The summed E-state index contributed by atoms with van der Waals surface area (Å²) in [6.45, 7) is 2.94. The summed E-state index contributed by atoms with van der Waals surface area (Å²) in [6.07, 6.45) is 1.85. The molecule has 3 nitrogen and oxygen atoms in total. The van der Waals surface area contributed by atoms with Gasteiger partial charge in [0.05, 0.1) is 18.7 Å². The molecule has 0 aliphatic heterocycles. The fourth-order valence-corrected chi connectivity index (χ4v) is 1.79. The summed E-state index contributed by atoms with van der Waals surface area (Å²) in [7, 11) is 0. The fourth-order valence-electron chi connectivity index (χ4n) is 1.79. The number of carbonyl (C=O) groups excluding carboxylic acids is 1. The molecule has 1 aromatic carbocycles. The number of Topliss-reactive ketones (excluding diaryl/α,β-unsaturated/α-hetero) is 1. The molecule has 0 heterocycles. The van der Waals surface area contributed by atoms with Crippen molar-refractivity contribution in [2.24, 2.45) is 0 Å². The van der Waals surface area contributed by atoms with Gasteiger partial charge in [-0.15, -0.1) is 0 Å². The summed E-state index contributed by atoms with van der Waals surface area (Å²) in [5.74, 6) is -1.82. The second kappa shape index (κ2) is 7.96. The fraction of sp³-hybridized carbons (Fsp3) is 0.500. The van der Waals surface area contributed by atoms with Crippen molar-refractivity contribution < 1.29 is 18.7 Å². The Morgan fingerprint density at radius 3 is 2.68 bits per heavy atom. The molecule has 0 fully saturated rings. The normalized spacial score (nSPS) is 11.0. The van der Waals surface area contributed by atoms with E-state index in [2.05, 4.69) is 0 Å². The zero-order valence-electron chi connectivity index (χ0n) is 11.0. The Morgan fingerprint density at radius 2 is 2.05 bits per heavy atom. The van der Waals surface area contributed by atoms with Crippen molar-refractivity contribution in [2.45, 2.75) is 19.8 Å². The predicted molar refractivity (Wildman–Crippen MR) is 69.1 cm³/mol. The quantitative estimate of drug-likeness (QED) is 0.737. The SMILES string of the molecule is CCCCN(CCO)CC(=O)c1cc(F)ccc1F. The highest BCUT2D eigenvalue weighted by molar-refractivity contribution is 5.97. The van der Waals surface area contributed by atoms with E-state index in [0.717, 1.165) is 31.0 Å². The van der Waals surface area contributed by atoms with Crippen molar-refractivity contribution in [3.8, 4) is 0 Å². The van der Waals surface area contributed by atoms with Crippen molar-refractivity contribution in [2.75, 3.05) is 26.2 Å². The Balaban J connectivity index is 2.72. The zero-order chi connectivity index (χ0) is 14.3. The van der Waals surface area contributed by atoms with E-state index in [0.29, 0.717) is 13.1 Å². The van der Waals surface area contributed by atoms with Crippen LogP contribution in [0.25, 0.3) is 0 Å². The maximum absolute atomic E-state index is 13.5. The predicted octanol–water partition coefficient (Wildman–Crippen LogP) is 2.24. The summed E-state index contributed by atoms with van der Waals surface area (Å²) in [6, 6.07) is 2.84. The number of nitrogens with zero attached hydrogens (tertiary/aromatic N) is 1. The number of halogens is 2. The van der Waals surface area contributed by atoms with E-state index in [-0.39, 0.29) is 18.7 Å². The van der Waals surface area contributed by atoms with Crippen LogP contribution in [0.1, 0.15) is 30.1 Å². The van der Waals surface area contributed by atoms with Gasteiger partial charge >= 0.3 is 0 Å². The van der Waals surface area contributed by atoms with Gasteiger partial charge in [-0.3, -0.25) is 9.69 Å². The molecule has 1 rings (SSSR count). The van der Waals surface area contributed by atoms with Crippen LogP contribution in [0.2, 0.25) is 0 Å². The van der Waals surface area contributed by atoms with E-state index in [4.69, 9.17) is 5.11 Å². The Bertz CT molecular complexity index is 424. The van der Waals surface area contributed by atoms with Gasteiger partial charge < -0.3 is 5.11 Å². The molecular weight excluding hydrogens is 252 g/mol. The lowest BCUT2D eigenvalue weighted by Gasteiger charge is -2.20. The first kappa shape index (κ1) is 15.7. The number of aliphatic hydroxyl groups is 1. The maximum Gasteiger partial charge on any atom is 0.179 e. The minimum Gasteiger partial charge on any atom is -0.395 e. The van der Waals surface area contributed by atoms with Crippen LogP contribution in [0, 0.1) is 11.6 Å². The van der Waals surface area contributed by atoms with Gasteiger partial charge in [-0.25, -0.2) is 8.78 Å². The van der Waals surface area contributed by atoms with Crippen LogP contribution in [0.3, 0.4) is 0 Å². The second-order valence-electron chi connectivity index (χ2n) is 4.40. The number of aliphatic hydroxyl groups excluding tert-OH is 1. The Labute approximate surface area is 111 Å². The molecule has 0 saturated heterocycles. The Kier molecular flexibility index (Phi) is 6.59. The van der Waals surface area contributed by atoms with Gasteiger partial charge in [-0.1, -0.05) is 13.3 Å². The second-order valence-corrected chi connectivity index (χ2v) is 4.40. The lowest BCUT2D eigenvalue weighted by molar-refractivity contribution is 0.0909. The molecule has 19 heavy (non-hydrogen) atoms. The molecule has 0 unspecified atom stereocenters. The summed E-state index contributed by atoms with van der Waals surface area (Å²) >= 11 is 0. The highest BCUT2D eigenvalue weighted by Gasteiger charge is 2.16. The number of hydrogen-bond acceptors (Lipinski definition) is 3. The van der Waals surface area contributed by atoms with Crippen LogP contribution >= 0.6 is 0 Å². The third kappa shape index (κ3) is 5.04. The molecule has 0 bridgehead atoms. The first-order valence-corrected chi connectivity index (χ1v) is 6.40. The first-order chi connectivity index (χ1) is 9.08. The van der Waals surface area contributed by atoms with Gasteiger partial charge in [0.15, 0.2) is 5.78 Å². The molecule has 0 aliphatic rings. The molecule has 5 heteroatoms. The van der Waals surface area contributed by atoms with Gasteiger partial charge in [-0.05, 0) is 31.2 Å². The van der Waals surface area contributed by atoms with Gasteiger partial charge in [0, 0.05) is 6.54 Å². The van der Waals surface area contributed by atoms with E-state index in [1.54, 1.807) is 4.90 Å². The maximum atomic E-state index is 13.5. The average molecular weight is 271 g/mol. The summed E-state index contributed by atoms with van der Waals surface area (Å²) in [5, 5.41) is 8.93. The van der Waals surface area contributed by atoms with Gasteiger partial charge in [0.2, 0.25) is 0 Å². The third-order valence-electron chi connectivity index (χ3n) is 2.84. The molecule has 0 aromatic heterocycles. The molecule has 106 valence electrons. The average Bonchev–Trinajstić information content (AvgIpc) is 2.39. The van der Waals surface area contributed by atoms with Crippen LogP contribution < -0.4 is 0 Å². The topological polar surface area (TPSA) is 40.5 Å². The van der Waals surface area contributed by atoms with Gasteiger partial charge in [0.25, 0.3) is 0 Å². The van der Waals surface area contributed by atoms with Gasteiger partial charge in [0.1, 0.15) is 11.6 Å². The third-order valence-corrected chi connectivity index (χ3v) is 2.84. The summed E-state index contributed by atoms with van der Waals surface area (Å²) in [4.78, 5) is 13.7. The van der Waals surface area contributed by atoms with Crippen molar-refractivity contribution in [3.63, 3.8) is 0 Å². The Hall–Kier alpha value is -1.33. The molecule has 0 amide bonds. The smallest absolute Gasteiger partial charge is 0.179 e. The van der Waals surface area contributed by atoms with E-state index in [1.807, 2.05) is 6.92 Å². The number of hydrogen-bond donors (Lipinski definition) is 1. The van der Waals surface area contributed by atoms with Crippen molar-refractivity contribution >= 4 is 5.78 Å². The van der Waals surface area contributed by atoms with Crippen molar-refractivity contribution in [3.05, 3.63) is 35.4 Å². The number of benzene rings is 1. The number of ketones is 1. The minimum atomic E-state index is -0.717. The van der Waals surface area contributed by atoms with Crippen molar-refractivity contribution in [1.82, 2.24) is 4.90 Å². The minimum absolute atomic E-state index is 0.0130. The molecule has 0 saturated carbocycles. The highest BCUT2D eigenvalue weighted by Crippen LogP contribution is 2.11. The molecule has 1 aromatic rings. The molecular formula is C14H19F2NO2.